The third-order valence-corrected chi connectivity index (χ3v) is 3.47. The first-order chi connectivity index (χ1) is 10.00. The van der Waals surface area contributed by atoms with E-state index in [4.69, 9.17) is 10.9 Å². The van der Waals surface area contributed by atoms with Crippen molar-refractivity contribution in [1.82, 2.24) is 0 Å². The van der Waals surface area contributed by atoms with Crippen LogP contribution in [0.2, 0.25) is 0 Å². The molecule has 0 aliphatic rings. The summed E-state index contributed by atoms with van der Waals surface area (Å²) in [5.41, 5.74) is 5.04. The number of hydrogen-bond donors (Lipinski definition) is 3. The average molecular weight is 295 g/mol. The van der Waals surface area contributed by atoms with Crippen molar-refractivity contribution in [2.24, 2.45) is 16.3 Å². The minimum Gasteiger partial charge on any atom is -0.409 e. The number of nitrogens with one attached hydrogen (secondary N) is 1. The van der Waals surface area contributed by atoms with Gasteiger partial charge in [0.25, 0.3) is 0 Å². The molecule has 0 unspecified atom stereocenters. The second-order valence-corrected chi connectivity index (χ2v) is 5.03. The maximum atomic E-state index is 13.2. The van der Waals surface area contributed by atoms with Crippen LogP contribution in [0.25, 0.3) is 0 Å². The molecule has 0 aliphatic heterocycles. The number of nitrogens with zero attached hydrogens (tertiary/aromatic N) is 1. The highest BCUT2D eigenvalue weighted by Gasteiger charge is 2.41. The van der Waals surface area contributed by atoms with Gasteiger partial charge in [0.2, 0.25) is 5.91 Å². The predicted molar refractivity (Wildman–Crippen MR) is 80.7 cm³/mol. The first-order valence-electron chi connectivity index (χ1n) is 7.05. The molecule has 21 heavy (non-hydrogen) atoms. The number of amidine groups is 1. The van der Waals surface area contributed by atoms with E-state index in [1.165, 1.54) is 18.2 Å². The maximum Gasteiger partial charge on any atom is 0.238 e. The van der Waals surface area contributed by atoms with Crippen molar-refractivity contribution in [3.05, 3.63) is 30.1 Å². The van der Waals surface area contributed by atoms with Gasteiger partial charge >= 0.3 is 0 Å². The summed E-state index contributed by atoms with van der Waals surface area (Å²) < 4.78 is 13.2. The minimum atomic E-state index is -1.08. The van der Waals surface area contributed by atoms with E-state index in [2.05, 4.69) is 10.5 Å². The molecule has 1 rings (SSSR count). The number of carbonyl (C=O) groups is 1. The first-order valence-corrected chi connectivity index (χ1v) is 7.05. The summed E-state index contributed by atoms with van der Waals surface area (Å²) >= 11 is 0. The molecular formula is C15H22FN3O2. The summed E-state index contributed by atoms with van der Waals surface area (Å²) in [7, 11) is 0. The van der Waals surface area contributed by atoms with E-state index in [0.717, 1.165) is 0 Å². The molecule has 0 heterocycles. The van der Waals surface area contributed by atoms with Crippen LogP contribution in [-0.2, 0) is 4.79 Å². The summed E-state index contributed by atoms with van der Waals surface area (Å²) in [5, 5.41) is 14.7. The Morgan fingerprint density at radius 1 is 1.38 bits per heavy atom. The van der Waals surface area contributed by atoms with Gasteiger partial charge in [-0.3, -0.25) is 4.79 Å². The molecule has 0 spiro atoms. The van der Waals surface area contributed by atoms with Crippen LogP contribution in [0.15, 0.2) is 29.4 Å². The average Bonchev–Trinajstić information content (AvgIpc) is 2.46. The second-order valence-electron chi connectivity index (χ2n) is 5.03. The zero-order valence-corrected chi connectivity index (χ0v) is 12.4. The van der Waals surface area contributed by atoms with Crippen molar-refractivity contribution >= 4 is 17.4 Å². The van der Waals surface area contributed by atoms with E-state index >= 15 is 0 Å². The van der Waals surface area contributed by atoms with Crippen LogP contribution in [0, 0.1) is 11.2 Å². The van der Waals surface area contributed by atoms with E-state index in [9.17, 15) is 9.18 Å². The van der Waals surface area contributed by atoms with Crippen molar-refractivity contribution in [2.75, 3.05) is 5.32 Å². The molecule has 0 aromatic heterocycles. The number of anilines is 1. The Morgan fingerprint density at radius 2 is 2.00 bits per heavy atom. The van der Waals surface area contributed by atoms with Crippen molar-refractivity contribution < 1.29 is 14.4 Å². The molecule has 1 aromatic rings. The number of carbonyl (C=O) groups excluding carboxylic acids is 1. The summed E-state index contributed by atoms with van der Waals surface area (Å²) in [5.74, 6) is -0.930. The standard InChI is InChI=1S/C15H22FN3O2/c1-3-8-15(9-4-2,13(17)19-21)14(20)18-12-7-5-6-11(16)10-12/h5-7,10,21H,3-4,8-9H2,1-2H3,(H2,17,19)(H,18,20). The van der Waals surface area contributed by atoms with Gasteiger partial charge in [-0.05, 0) is 31.0 Å². The van der Waals surface area contributed by atoms with Crippen LogP contribution in [-0.4, -0.2) is 17.0 Å². The van der Waals surface area contributed by atoms with Crippen LogP contribution >= 0.6 is 0 Å². The van der Waals surface area contributed by atoms with Crippen molar-refractivity contribution in [3.63, 3.8) is 0 Å². The van der Waals surface area contributed by atoms with E-state index in [0.29, 0.717) is 31.4 Å². The topological polar surface area (TPSA) is 87.7 Å². The molecule has 0 radical (unpaired) electrons. The zero-order chi connectivity index (χ0) is 15.9. The molecule has 4 N–H and O–H groups in total. The van der Waals surface area contributed by atoms with Crippen molar-refractivity contribution in [1.29, 1.82) is 0 Å². The zero-order valence-electron chi connectivity index (χ0n) is 12.4. The van der Waals surface area contributed by atoms with Crippen molar-refractivity contribution in [3.8, 4) is 0 Å². The highest BCUT2D eigenvalue weighted by Crippen LogP contribution is 2.32. The normalized spacial score (nSPS) is 12.2. The first kappa shape index (κ1) is 16.9. The maximum absolute atomic E-state index is 13.2. The van der Waals surface area contributed by atoms with Crippen LogP contribution in [0.4, 0.5) is 10.1 Å². The molecule has 1 amide bonds. The van der Waals surface area contributed by atoms with Crippen molar-refractivity contribution in [2.45, 2.75) is 39.5 Å². The van der Waals surface area contributed by atoms with Crippen LogP contribution in [0.5, 0.6) is 0 Å². The van der Waals surface area contributed by atoms with E-state index in [1.807, 2.05) is 13.8 Å². The minimum absolute atomic E-state index is 0.111. The van der Waals surface area contributed by atoms with E-state index in [1.54, 1.807) is 6.07 Å². The molecule has 0 fully saturated rings. The number of oxime groups is 1. The lowest BCUT2D eigenvalue weighted by molar-refractivity contribution is -0.123. The fourth-order valence-electron chi connectivity index (χ4n) is 2.49. The summed E-state index contributed by atoms with van der Waals surface area (Å²) in [4.78, 5) is 12.6. The van der Waals surface area contributed by atoms with Gasteiger partial charge in [-0.15, -0.1) is 0 Å². The summed E-state index contributed by atoms with van der Waals surface area (Å²) in [6.45, 7) is 3.84. The van der Waals surface area contributed by atoms with Gasteiger partial charge < -0.3 is 16.3 Å². The van der Waals surface area contributed by atoms with Gasteiger partial charge in [-0.25, -0.2) is 4.39 Å². The molecule has 1 aromatic carbocycles. The second kappa shape index (κ2) is 7.61. The lowest BCUT2D eigenvalue weighted by Crippen LogP contribution is -2.47. The van der Waals surface area contributed by atoms with Gasteiger partial charge in [-0.1, -0.05) is 37.9 Å². The third kappa shape index (κ3) is 3.93. The Morgan fingerprint density at radius 3 is 2.48 bits per heavy atom. The Bertz CT molecular complexity index is 511. The predicted octanol–water partition coefficient (Wildman–Crippen LogP) is 3.10. The molecule has 5 nitrogen and oxygen atoms in total. The number of amides is 1. The lowest BCUT2D eigenvalue weighted by Gasteiger charge is -2.30. The number of benzene rings is 1. The molecule has 0 bridgehead atoms. The number of hydrogen-bond acceptors (Lipinski definition) is 3. The number of rotatable bonds is 7. The molecule has 0 atom stereocenters. The van der Waals surface area contributed by atoms with E-state index < -0.39 is 11.2 Å². The summed E-state index contributed by atoms with van der Waals surface area (Å²) in [6.07, 6.45) is 2.31. The lowest BCUT2D eigenvalue weighted by atomic mass is 9.77. The Hall–Kier alpha value is -2.11. The molecule has 116 valence electrons. The SMILES string of the molecule is CCCC(CCC)(C(=O)Nc1cccc(F)c1)C(N)=NO. The highest BCUT2D eigenvalue weighted by atomic mass is 19.1. The molecule has 0 aliphatic carbocycles. The Labute approximate surface area is 124 Å². The summed E-state index contributed by atoms with van der Waals surface area (Å²) in [6, 6.07) is 5.63. The molecular weight excluding hydrogens is 273 g/mol. The van der Waals surface area contributed by atoms with Gasteiger partial charge in [0.15, 0.2) is 5.84 Å². The molecule has 0 saturated heterocycles. The quantitative estimate of drug-likeness (QED) is 0.312. The van der Waals surface area contributed by atoms with Gasteiger partial charge in [0, 0.05) is 5.69 Å². The number of nitrogens with two attached hydrogens (primary N) is 1. The van der Waals surface area contributed by atoms with Crippen LogP contribution in [0.3, 0.4) is 0 Å². The molecule has 0 saturated carbocycles. The monoisotopic (exact) mass is 295 g/mol. The smallest absolute Gasteiger partial charge is 0.238 e. The fourth-order valence-corrected chi connectivity index (χ4v) is 2.49. The van der Waals surface area contributed by atoms with Crippen LogP contribution < -0.4 is 11.1 Å². The van der Waals surface area contributed by atoms with E-state index in [-0.39, 0.29) is 11.7 Å². The van der Waals surface area contributed by atoms with Gasteiger partial charge in [0.05, 0.1) is 0 Å². The van der Waals surface area contributed by atoms with Gasteiger partial charge in [-0.2, -0.15) is 0 Å². The largest absolute Gasteiger partial charge is 0.409 e. The third-order valence-electron chi connectivity index (χ3n) is 3.47. The highest BCUT2D eigenvalue weighted by molar-refractivity contribution is 6.11. The fraction of sp³-hybridized carbons (Fsp3) is 0.467. The molecule has 6 heteroatoms. The van der Waals surface area contributed by atoms with Gasteiger partial charge in [0.1, 0.15) is 11.2 Å². The van der Waals surface area contributed by atoms with Crippen LogP contribution in [0.1, 0.15) is 39.5 Å². The Balaban J connectivity index is 3.09. The Kier molecular flexibility index (Phi) is 6.14. The number of halogens is 1.